The van der Waals surface area contributed by atoms with Gasteiger partial charge in [0.15, 0.2) is 0 Å². The van der Waals surface area contributed by atoms with Crippen molar-refractivity contribution < 1.29 is 14.3 Å². The summed E-state index contributed by atoms with van der Waals surface area (Å²) in [6, 6.07) is 10.8. The molecule has 1 aliphatic rings. The smallest absolute Gasteiger partial charge is 0.274 e. The lowest BCUT2D eigenvalue weighted by atomic mass is 10.2. The van der Waals surface area contributed by atoms with E-state index in [9.17, 15) is 14.4 Å². The molecule has 0 unspecified atom stereocenters. The highest BCUT2D eigenvalue weighted by Crippen LogP contribution is 2.11. The number of hydrogen-bond donors (Lipinski definition) is 1. The van der Waals surface area contributed by atoms with E-state index in [4.69, 9.17) is 4.74 Å². The van der Waals surface area contributed by atoms with Gasteiger partial charge in [-0.1, -0.05) is 30.3 Å². The minimum absolute atomic E-state index is 0.0688. The average molecular weight is 367 g/mol. The zero-order valence-electron chi connectivity index (χ0n) is 15.1. The summed E-state index contributed by atoms with van der Waals surface area (Å²) in [6.07, 6.45) is 4.49. The van der Waals surface area contributed by atoms with Crippen molar-refractivity contribution in [3.63, 3.8) is 0 Å². The molecule has 2 aromatic rings. The first-order chi connectivity index (χ1) is 13.0. The van der Waals surface area contributed by atoms with Crippen molar-refractivity contribution in [1.29, 1.82) is 0 Å². The fraction of sp³-hybridized carbons (Fsp3) is 0.250. The second kappa shape index (κ2) is 8.46. The van der Waals surface area contributed by atoms with Crippen LogP contribution < -0.4 is 10.9 Å². The minimum Gasteiger partial charge on any atom is -0.378 e. The molecule has 0 saturated carbocycles. The number of ether oxygens (including phenoxy) is 1. The van der Waals surface area contributed by atoms with Crippen LogP contribution in [0.1, 0.15) is 15.9 Å². The number of carbonyl (C=O) groups is 2. The van der Waals surface area contributed by atoms with Crippen LogP contribution in [0, 0.1) is 0 Å². The summed E-state index contributed by atoms with van der Waals surface area (Å²) < 4.78 is 6.55. The van der Waals surface area contributed by atoms with Gasteiger partial charge in [0.25, 0.3) is 11.5 Å². The minimum atomic E-state index is -0.438. The molecule has 0 aliphatic carbocycles. The summed E-state index contributed by atoms with van der Waals surface area (Å²) in [5, 5.41) is 2.56. The van der Waals surface area contributed by atoms with E-state index in [0.717, 1.165) is 5.56 Å². The van der Waals surface area contributed by atoms with Gasteiger partial charge in [-0.05, 0) is 17.7 Å². The van der Waals surface area contributed by atoms with Crippen LogP contribution >= 0.6 is 0 Å². The lowest BCUT2D eigenvalue weighted by Gasteiger charge is -2.27. The third-order valence-corrected chi connectivity index (χ3v) is 4.21. The van der Waals surface area contributed by atoms with Crippen LogP contribution in [0.4, 0.5) is 5.69 Å². The normalized spacial score (nSPS) is 14.3. The Balaban J connectivity index is 1.77. The number of nitrogens with zero attached hydrogens (tertiary/aromatic N) is 2. The van der Waals surface area contributed by atoms with E-state index >= 15 is 0 Å². The monoisotopic (exact) mass is 367 g/mol. The molecule has 27 heavy (non-hydrogen) atoms. The number of aromatic nitrogens is 1. The molecule has 1 fully saturated rings. The van der Waals surface area contributed by atoms with Crippen molar-refractivity contribution in [1.82, 2.24) is 9.47 Å². The van der Waals surface area contributed by atoms with E-state index in [1.54, 1.807) is 18.0 Å². The molecular formula is C20H21N3O4. The highest BCUT2D eigenvalue weighted by Gasteiger charge is 2.20. The molecule has 2 amide bonds. The van der Waals surface area contributed by atoms with E-state index in [1.807, 2.05) is 30.3 Å². The maximum atomic E-state index is 12.6. The van der Waals surface area contributed by atoms with Crippen LogP contribution in [0.2, 0.25) is 0 Å². The molecule has 1 N–H and O–H groups in total. The standard InChI is InChI=1S/C20H21N3O4/c1-22-14-16(19(25)23-9-11-27-12-10-23)13-17(20(22)26)21-18(24)8-7-15-5-3-2-4-6-15/h2-8,13-14H,9-12H2,1H3,(H,21,24). The highest BCUT2D eigenvalue weighted by molar-refractivity contribution is 6.03. The van der Waals surface area contributed by atoms with Crippen molar-refractivity contribution in [3.8, 4) is 0 Å². The molecule has 0 spiro atoms. The van der Waals surface area contributed by atoms with E-state index in [1.165, 1.54) is 22.9 Å². The molecule has 2 heterocycles. The molecule has 3 rings (SSSR count). The van der Waals surface area contributed by atoms with Gasteiger partial charge in [-0.3, -0.25) is 14.4 Å². The third-order valence-electron chi connectivity index (χ3n) is 4.21. The van der Waals surface area contributed by atoms with Gasteiger partial charge in [0.1, 0.15) is 5.69 Å². The lowest BCUT2D eigenvalue weighted by Crippen LogP contribution is -2.41. The van der Waals surface area contributed by atoms with Crippen LogP contribution in [0.15, 0.2) is 53.5 Å². The van der Waals surface area contributed by atoms with Gasteiger partial charge >= 0.3 is 0 Å². The van der Waals surface area contributed by atoms with Crippen molar-refractivity contribution in [3.05, 3.63) is 70.2 Å². The van der Waals surface area contributed by atoms with Gasteiger partial charge in [-0.2, -0.15) is 0 Å². The molecule has 0 atom stereocenters. The second-order valence-electron chi connectivity index (χ2n) is 6.20. The first kappa shape index (κ1) is 18.6. The van der Waals surface area contributed by atoms with Crippen molar-refractivity contribution >= 4 is 23.6 Å². The topological polar surface area (TPSA) is 80.6 Å². The zero-order valence-corrected chi connectivity index (χ0v) is 15.1. The Bertz CT molecular complexity index is 913. The summed E-state index contributed by atoms with van der Waals surface area (Å²) in [4.78, 5) is 38.8. The molecular weight excluding hydrogens is 346 g/mol. The maximum Gasteiger partial charge on any atom is 0.274 e. The third kappa shape index (κ3) is 4.71. The summed E-state index contributed by atoms with van der Waals surface area (Å²) in [7, 11) is 1.55. The molecule has 1 aromatic heterocycles. The first-order valence-electron chi connectivity index (χ1n) is 8.66. The molecule has 1 aliphatic heterocycles. The van der Waals surface area contributed by atoms with Crippen LogP contribution in [0.25, 0.3) is 6.08 Å². The molecule has 0 bridgehead atoms. The molecule has 7 nitrogen and oxygen atoms in total. The van der Waals surface area contributed by atoms with E-state index in [0.29, 0.717) is 31.9 Å². The number of benzene rings is 1. The van der Waals surface area contributed by atoms with Gasteiger partial charge in [0, 0.05) is 32.4 Å². The zero-order chi connectivity index (χ0) is 19.2. The van der Waals surface area contributed by atoms with Crippen LogP contribution in [0.3, 0.4) is 0 Å². The Morgan fingerprint density at radius 1 is 1.15 bits per heavy atom. The van der Waals surface area contributed by atoms with Crippen molar-refractivity contribution in [2.24, 2.45) is 7.05 Å². The van der Waals surface area contributed by atoms with E-state index in [2.05, 4.69) is 5.32 Å². The number of carbonyl (C=O) groups excluding carboxylic acids is 2. The Kier molecular flexibility index (Phi) is 5.83. The van der Waals surface area contributed by atoms with E-state index < -0.39 is 5.91 Å². The largest absolute Gasteiger partial charge is 0.378 e. The molecule has 7 heteroatoms. The van der Waals surface area contributed by atoms with Gasteiger partial charge in [-0.25, -0.2) is 0 Å². The molecule has 140 valence electrons. The number of amides is 2. The predicted molar refractivity (Wildman–Crippen MR) is 103 cm³/mol. The highest BCUT2D eigenvalue weighted by atomic mass is 16.5. The van der Waals surface area contributed by atoms with Crippen LogP contribution in [-0.2, 0) is 16.6 Å². The van der Waals surface area contributed by atoms with Crippen molar-refractivity contribution in [2.45, 2.75) is 0 Å². The summed E-state index contributed by atoms with van der Waals surface area (Å²) >= 11 is 0. The van der Waals surface area contributed by atoms with Crippen LogP contribution in [-0.4, -0.2) is 47.6 Å². The van der Waals surface area contributed by atoms with Gasteiger partial charge in [0.2, 0.25) is 5.91 Å². The van der Waals surface area contributed by atoms with Gasteiger partial charge in [-0.15, -0.1) is 0 Å². The Morgan fingerprint density at radius 2 is 1.85 bits per heavy atom. The van der Waals surface area contributed by atoms with Gasteiger partial charge in [0.05, 0.1) is 18.8 Å². The summed E-state index contributed by atoms with van der Waals surface area (Å²) in [5.74, 6) is -0.629. The SMILES string of the molecule is Cn1cc(C(=O)N2CCOCC2)cc(NC(=O)C=Cc2ccccc2)c1=O. The number of aryl methyl sites for hydroxylation is 1. The summed E-state index contributed by atoms with van der Waals surface area (Å²) in [6.45, 7) is 1.99. The number of rotatable bonds is 4. The number of anilines is 1. The Morgan fingerprint density at radius 3 is 2.56 bits per heavy atom. The van der Waals surface area contributed by atoms with Gasteiger partial charge < -0.3 is 19.5 Å². The quantitative estimate of drug-likeness (QED) is 0.831. The molecule has 1 saturated heterocycles. The van der Waals surface area contributed by atoms with E-state index in [-0.39, 0.29) is 17.2 Å². The lowest BCUT2D eigenvalue weighted by molar-refractivity contribution is -0.111. The maximum absolute atomic E-state index is 12.6. The van der Waals surface area contributed by atoms with Crippen molar-refractivity contribution in [2.75, 3.05) is 31.6 Å². The second-order valence-corrected chi connectivity index (χ2v) is 6.20. The first-order valence-corrected chi connectivity index (χ1v) is 8.66. The Hall–Kier alpha value is -3.19. The number of nitrogens with one attached hydrogen (secondary N) is 1. The fourth-order valence-corrected chi connectivity index (χ4v) is 2.78. The molecule has 1 aromatic carbocycles. The number of morpholine rings is 1. The molecule has 0 radical (unpaired) electrons. The predicted octanol–water partition coefficient (Wildman–Crippen LogP) is 1.51. The number of hydrogen-bond acceptors (Lipinski definition) is 4. The Labute approximate surface area is 156 Å². The average Bonchev–Trinajstić information content (AvgIpc) is 2.70. The van der Waals surface area contributed by atoms with Crippen LogP contribution in [0.5, 0.6) is 0 Å². The fourth-order valence-electron chi connectivity index (χ4n) is 2.78. The number of pyridine rings is 1. The summed E-state index contributed by atoms with van der Waals surface area (Å²) in [5.41, 5.74) is 0.910.